The van der Waals surface area contributed by atoms with Crippen LogP contribution in [0, 0.1) is 5.92 Å². The second-order valence-electron chi connectivity index (χ2n) is 14.8. The third kappa shape index (κ3) is 6.99. The van der Waals surface area contributed by atoms with E-state index in [2.05, 4.69) is 25.8 Å². The maximum atomic E-state index is 14.1. The Hall–Kier alpha value is -5.10. The normalized spacial score (nSPS) is 28.3. The molecule has 294 valence electrons. The number of aliphatic carboxylic acids is 1. The summed E-state index contributed by atoms with van der Waals surface area (Å²) in [6, 6.07) is 1.86. The molecule has 9 N–H and O–H groups in total. The van der Waals surface area contributed by atoms with Gasteiger partial charge in [0.2, 0.25) is 17.7 Å². The number of methoxy groups -OCH3 is 1. The molecule has 1 aromatic carbocycles. The number of amides is 4. The molecule has 0 aromatic heterocycles. The Bertz CT molecular complexity index is 1750. The molecule has 18 nitrogen and oxygen atoms in total. The van der Waals surface area contributed by atoms with E-state index in [0.29, 0.717) is 37.3 Å². The van der Waals surface area contributed by atoms with Crippen LogP contribution in [0.3, 0.4) is 0 Å². The minimum absolute atomic E-state index is 0.0391. The molecule has 2 fully saturated rings. The highest BCUT2D eigenvalue weighted by Gasteiger charge is 2.72. The SMILES string of the molecule is COc1ccc2c3c1O[C@H]1C(OC(=O)N4CCC(C(=O)O)CC4CNC(=O)[C@H](CCCN=C(N)N)NC(=O)CNC(C)=O)=CC[C@@]4(O)C(C2)N(C)CCC314. The number of guanidine groups is 1. The van der Waals surface area contributed by atoms with Crippen molar-refractivity contribution in [3.63, 3.8) is 0 Å². The fourth-order valence-corrected chi connectivity index (χ4v) is 9.02. The molecule has 54 heavy (non-hydrogen) atoms. The molecule has 4 amide bonds. The number of carbonyl (C=O) groups is 5. The minimum atomic E-state index is -1.20. The highest BCUT2D eigenvalue weighted by atomic mass is 16.6. The molecular formula is C36H50N8O10. The fraction of sp³-hybridized carbons (Fsp3) is 0.611. The summed E-state index contributed by atoms with van der Waals surface area (Å²) in [6.07, 6.45) is 2.25. The van der Waals surface area contributed by atoms with Gasteiger partial charge in [0.25, 0.3) is 0 Å². The molecule has 3 heterocycles. The van der Waals surface area contributed by atoms with Crippen molar-refractivity contribution in [3.05, 3.63) is 35.1 Å². The number of rotatable bonds is 13. The Morgan fingerprint density at radius 2 is 1.94 bits per heavy atom. The van der Waals surface area contributed by atoms with Crippen LogP contribution in [-0.4, -0.2) is 132 Å². The van der Waals surface area contributed by atoms with E-state index in [0.717, 1.165) is 11.1 Å². The molecular weight excluding hydrogens is 704 g/mol. The van der Waals surface area contributed by atoms with Crippen molar-refractivity contribution in [1.82, 2.24) is 25.8 Å². The number of likely N-dealkylation sites (N-methyl/N-ethyl adjacent to an activating group) is 1. The number of piperidine rings is 2. The van der Waals surface area contributed by atoms with E-state index < -0.39 is 64.9 Å². The second-order valence-corrected chi connectivity index (χ2v) is 14.8. The molecule has 2 bridgehead atoms. The minimum Gasteiger partial charge on any atom is -0.493 e. The molecule has 3 aliphatic heterocycles. The number of carboxylic acid groups (broad SMARTS) is 1. The molecule has 6 rings (SSSR count). The number of likely N-dealkylation sites (tertiary alicyclic amines) is 2. The van der Waals surface area contributed by atoms with Gasteiger partial charge in [-0.1, -0.05) is 6.07 Å². The lowest BCUT2D eigenvalue weighted by atomic mass is 9.50. The smallest absolute Gasteiger partial charge is 0.415 e. The van der Waals surface area contributed by atoms with Crippen molar-refractivity contribution in [2.24, 2.45) is 22.4 Å². The van der Waals surface area contributed by atoms with Gasteiger partial charge in [-0.2, -0.15) is 0 Å². The fourth-order valence-electron chi connectivity index (χ4n) is 9.02. The summed E-state index contributed by atoms with van der Waals surface area (Å²) >= 11 is 0. The molecule has 1 aromatic rings. The van der Waals surface area contributed by atoms with Crippen LogP contribution in [0.2, 0.25) is 0 Å². The predicted octanol–water partition coefficient (Wildman–Crippen LogP) is -0.935. The molecule has 0 saturated carbocycles. The number of carboxylic acids is 1. The first-order chi connectivity index (χ1) is 25.7. The van der Waals surface area contributed by atoms with E-state index in [-0.39, 0.29) is 69.6 Å². The molecule has 2 aliphatic carbocycles. The van der Waals surface area contributed by atoms with Crippen LogP contribution in [0.5, 0.6) is 11.5 Å². The predicted molar refractivity (Wildman–Crippen MR) is 192 cm³/mol. The number of benzene rings is 1. The number of nitrogens with one attached hydrogen (secondary N) is 3. The van der Waals surface area contributed by atoms with Gasteiger partial charge in [0.1, 0.15) is 11.8 Å². The van der Waals surface area contributed by atoms with Crippen LogP contribution in [0.1, 0.15) is 56.6 Å². The van der Waals surface area contributed by atoms with Gasteiger partial charge in [-0.05, 0) is 69.8 Å². The third-order valence-electron chi connectivity index (χ3n) is 11.7. The van der Waals surface area contributed by atoms with Gasteiger partial charge < -0.3 is 61.6 Å². The summed E-state index contributed by atoms with van der Waals surface area (Å²) in [5, 5.41) is 30.2. The lowest BCUT2D eigenvalue weighted by molar-refractivity contribution is -0.163. The van der Waals surface area contributed by atoms with Crippen LogP contribution in [-0.2, 0) is 35.8 Å². The number of carbonyl (C=O) groups excluding carboxylic acids is 4. The number of hydrogen-bond donors (Lipinski definition) is 7. The van der Waals surface area contributed by atoms with E-state index in [9.17, 15) is 34.2 Å². The highest BCUT2D eigenvalue weighted by molar-refractivity contribution is 5.90. The quantitative estimate of drug-likeness (QED) is 0.0730. The van der Waals surface area contributed by atoms with Crippen LogP contribution in [0.15, 0.2) is 29.0 Å². The molecule has 7 atom stereocenters. The maximum Gasteiger partial charge on any atom is 0.415 e. The summed E-state index contributed by atoms with van der Waals surface area (Å²) in [5.41, 5.74) is 10.7. The molecule has 2 saturated heterocycles. The van der Waals surface area contributed by atoms with Gasteiger partial charge in [0.15, 0.2) is 23.6 Å². The van der Waals surface area contributed by atoms with E-state index >= 15 is 0 Å². The number of nitrogens with zero attached hydrogens (tertiary/aromatic N) is 3. The zero-order valence-electron chi connectivity index (χ0n) is 30.8. The van der Waals surface area contributed by atoms with E-state index in [1.807, 2.05) is 19.2 Å². The van der Waals surface area contributed by atoms with Crippen molar-refractivity contribution >= 4 is 35.7 Å². The van der Waals surface area contributed by atoms with Crippen molar-refractivity contribution in [1.29, 1.82) is 0 Å². The summed E-state index contributed by atoms with van der Waals surface area (Å²) in [5.74, 6) is -2.20. The van der Waals surface area contributed by atoms with Crippen molar-refractivity contribution in [2.45, 2.75) is 87.1 Å². The van der Waals surface area contributed by atoms with Gasteiger partial charge >= 0.3 is 12.1 Å². The molecule has 5 aliphatic rings. The van der Waals surface area contributed by atoms with E-state index in [1.165, 1.54) is 11.8 Å². The van der Waals surface area contributed by atoms with Gasteiger partial charge in [-0.15, -0.1) is 0 Å². The number of ether oxygens (including phenoxy) is 3. The molecule has 1 spiro atoms. The summed E-state index contributed by atoms with van der Waals surface area (Å²) < 4.78 is 18.4. The maximum absolute atomic E-state index is 14.1. The number of nitrogens with two attached hydrogens (primary N) is 2. The monoisotopic (exact) mass is 754 g/mol. The lowest BCUT2D eigenvalue weighted by Gasteiger charge is -2.61. The van der Waals surface area contributed by atoms with Crippen LogP contribution < -0.4 is 36.9 Å². The summed E-state index contributed by atoms with van der Waals surface area (Å²) in [6.45, 7) is 1.72. The number of aliphatic imine (C=N–C) groups is 1. The zero-order valence-corrected chi connectivity index (χ0v) is 30.8. The Balaban J connectivity index is 1.20. The van der Waals surface area contributed by atoms with Crippen molar-refractivity contribution in [2.75, 3.05) is 46.9 Å². The first-order valence-electron chi connectivity index (χ1n) is 18.3. The first-order valence-corrected chi connectivity index (χ1v) is 18.3. The lowest BCUT2D eigenvalue weighted by Crippen LogP contribution is -2.74. The second kappa shape index (κ2) is 15.3. The first kappa shape index (κ1) is 38.6. The van der Waals surface area contributed by atoms with Crippen LogP contribution in [0.25, 0.3) is 0 Å². The average Bonchev–Trinajstić information content (AvgIpc) is 3.49. The number of hydrogen-bond acceptors (Lipinski definition) is 11. The number of aliphatic hydroxyl groups is 1. The average molecular weight is 755 g/mol. The Morgan fingerprint density at radius 1 is 1.17 bits per heavy atom. The van der Waals surface area contributed by atoms with Gasteiger partial charge in [-0.3, -0.25) is 24.2 Å². The Labute approximate surface area is 312 Å². The topological polar surface area (TPSA) is 260 Å². The molecule has 0 radical (unpaired) electrons. The zero-order chi connectivity index (χ0) is 38.9. The Morgan fingerprint density at radius 3 is 2.65 bits per heavy atom. The van der Waals surface area contributed by atoms with Gasteiger partial charge in [0, 0.05) is 44.6 Å². The largest absolute Gasteiger partial charge is 0.493 e. The van der Waals surface area contributed by atoms with E-state index in [1.54, 1.807) is 13.2 Å². The highest BCUT2D eigenvalue weighted by Crippen LogP contribution is 2.65. The summed E-state index contributed by atoms with van der Waals surface area (Å²) in [4.78, 5) is 71.0. The molecule has 4 unspecified atom stereocenters. The van der Waals surface area contributed by atoms with Gasteiger partial charge in [-0.25, -0.2) is 4.79 Å². The summed E-state index contributed by atoms with van der Waals surface area (Å²) in [7, 11) is 3.56. The third-order valence-corrected chi connectivity index (χ3v) is 11.7. The van der Waals surface area contributed by atoms with Crippen LogP contribution >= 0.6 is 0 Å². The van der Waals surface area contributed by atoms with Gasteiger partial charge in [0.05, 0.1) is 36.6 Å². The van der Waals surface area contributed by atoms with Crippen molar-refractivity contribution in [3.8, 4) is 11.5 Å². The van der Waals surface area contributed by atoms with Crippen molar-refractivity contribution < 1.29 is 48.4 Å². The van der Waals surface area contributed by atoms with E-state index in [4.69, 9.17) is 25.7 Å². The molecule has 18 heteroatoms. The van der Waals surface area contributed by atoms with Crippen LogP contribution in [0.4, 0.5) is 4.79 Å². The Kier molecular flexibility index (Phi) is 11.0. The standard InChI is InChI=1S/C36H50N8O10/c1-19(45)40-18-27(46)42-23(5-4-12-39-33(37)38)31(47)41-17-22-15-21(32(48)49)9-13-44(22)34(50)53-25-8-10-36(51)26-16-20-6-7-24(52-3)29-28(20)35(36,30(25)54-29)11-14-43(26)2/h6-8,21-23,26,30,51H,4-5,9-18H2,1-3H3,(H,40,45)(H,41,47)(H,42,46)(H,48,49)(H4,37,38,39)/t21?,22?,23-,26?,30-,35?,36+/m0/s1.